The fourth-order valence-corrected chi connectivity index (χ4v) is 3.07. The molecule has 0 bridgehead atoms. The first kappa shape index (κ1) is 20.2. The Bertz CT molecular complexity index is 795. The second kappa shape index (κ2) is 9.63. The Morgan fingerprint density at radius 2 is 1.93 bits per heavy atom. The summed E-state index contributed by atoms with van der Waals surface area (Å²) in [5.74, 6) is 0.504. The van der Waals surface area contributed by atoms with Crippen LogP contribution in [0.5, 0.6) is 0 Å². The topological polar surface area (TPSA) is 99.5 Å². The van der Waals surface area contributed by atoms with Crippen LogP contribution in [0.2, 0.25) is 5.02 Å². The zero-order valence-corrected chi connectivity index (χ0v) is 16.5. The highest BCUT2D eigenvalue weighted by Gasteiger charge is 2.18. The molecule has 150 valence electrons. The molecule has 28 heavy (non-hydrogen) atoms. The molecule has 3 rings (SSSR count). The fraction of sp³-hybridized carbons (Fsp3) is 0.444. The molecular weight excluding hydrogens is 382 g/mol. The molecular formula is C18H24ClN7O2. The highest BCUT2D eigenvalue weighted by atomic mass is 35.5. The Morgan fingerprint density at radius 1 is 1.21 bits per heavy atom. The minimum atomic E-state index is -0.477. The zero-order valence-electron chi connectivity index (χ0n) is 15.8. The maximum atomic E-state index is 11.3. The lowest BCUT2D eigenvalue weighted by molar-refractivity contribution is -0.384. The number of rotatable bonds is 8. The van der Waals surface area contributed by atoms with Gasteiger partial charge in [0.1, 0.15) is 6.20 Å². The van der Waals surface area contributed by atoms with Crippen LogP contribution >= 0.6 is 11.6 Å². The third-order valence-corrected chi connectivity index (χ3v) is 4.86. The molecule has 1 saturated heterocycles. The number of hydrogen-bond acceptors (Lipinski definition) is 8. The third kappa shape index (κ3) is 5.75. The Balaban J connectivity index is 1.58. The van der Waals surface area contributed by atoms with Crippen LogP contribution in [0.4, 0.5) is 23.1 Å². The molecule has 0 spiro atoms. The van der Waals surface area contributed by atoms with Crippen LogP contribution in [0.1, 0.15) is 6.42 Å². The van der Waals surface area contributed by atoms with Crippen LogP contribution in [0.15, 0.2) is 30.5 Å². The summed E-state index contributed by atoms with van der Waals surface area (Å²) < 4.78 is 0. The molecule has 1 aromatic carbocycles. The van der Waals surface area contributed by atoms with Gasteiger partial charge >= 0.3 is 5.69 Å². The van der Waals surface area contributed by atoms with E-state index in [4.69, 9.17) is 11.6 Å². The number of anilines is 3. The van der Waals surface area contributed by atoms with Gasteiger partial charge in [-0.3, -0.25) is 10.1 Å². The van der Waals surface area contributed by atoms with Crippen LogP contribution in [0.25, 0.3) is 0 Å². The van der Waals surface area contributed by atoms with Crippen LogP contribution < -0.4 is 10.6 Å². The fourth-order valence-electron chi connectivity index (χ4n) is 2.94. The van der Waals surface area contributed by atoms with E-state index in [1.54, 1.807) is 24.3 Å². The van der Waals surface area contributed by atoms with Gasteiger partial charge in [-0.05, 0) is 44.3 Å². The van der Waals surface area contributed by atoms with E-state index in [0.717, 1.165) is 44.8 Å². The molecule has 9 nitrogen and oxygen atoms in total. The number of nitrogens with zero attached hydrogens (tertiary/aromatic N) is 5. The van der Waals surface area contributed by atoms with E-state index in [1.807, 2.05) is 0 Å². The van der Waals surface area contributed by atoms with E-state index in [1.165, 1.54) is 6.20 Å². The zero-order chi connectivity index (χ0) is 19.9. The van der Waals surface area contributed by atoms with Gasteiger partial charge in [0.25, 0.3) is 0 Å². The monoisotopic (exact) mass is 405 g/mol. The van der Waals surface area contributed by atoms with Crippen molar-refractivity contribution < 1.29 is 4.92 Å². The van der Waals surface area contributed by atoms with Gasteiger partial charge in [0.15, 0.2) is 0 Å². The Hall–Kier alpha value is -2.49. The predicted molar refractivity (Wildman–Crippen MR) is 110 cm³/mol. The normalized spacial score (nSPS) is 15.4. The van der Waals surface area contributed by atoms with Gasteiger partial charge in [0.05, 0.1) is 4.92 Å². The quantitative estimate of drug-likeness (QED) is 0.393. The summed E-state index contributed by atoms with van der Waals surface area (Å²) in [7, 11) is 2.13. The lowest BCUT2D eigenvalue weighted by atomic mass is 10.3. The Kier molecular flexibility index (Phi) is 6.96. The van der Waals surface area contributed by atoms with E-state index < -0.39 is 4.92 Å². The number of piperazine rings is 1. The minimum absolute atomic E-state index is 0.138. The number of halogens is 1. The molecule has 1 aliphatic heterocycles. The molecule has 0 unspecified atom stereocenters. The van der Waals surface area contributed by atoms with Crippen molar-refractivity contribution in [2.45, 2.75) is 6.42 Å². The molecule has 0 radical (unpaired) electrons. The second-order valence-electron chi connectivity index (χ2n) is 6.74. The van der Waals surface area contributed by atoms with Crippen molar-refractivity contribution >= 4 is 34.7 Å². The highest BCUT2D eigenvalue weighted by Crippen LogP contribution is 2.24. The van der Waals surface area contributed by atoms with E-state index in [0.29, 0.717) is 11.6 Å². The predicted octanol–water partition coefficient (Wildman–Crippen LogP) is 2.83. The number of benzene rings is 1. The largest absolute Gasteiger partial charge is 0.364 e. The van der Waals surface area contributed by atoms with E-state index in [9.17, 15) is 10.1 Å². The first-order valence-electron chi connectivity index (χ1n) is 9.20. The third-order valence-electron chi connectivity index (χ3n) is 4.61. The molecule has 2 heterocycles. The number of hydrogen-bond donors (Lipinski definition) is 2. The maximum absolute atomic E-state index is 11.3. The van der Waals surface area contributed by atoms with Crippen LogP contribution in [0, 0.1) is 10.1 Å². The van der Waals surface area contributed by atoms with E-state index in [-0.39, 0.29) is 17.5 Å². The average molecular weight is 406 g/mol. The number of nitro groups is 1. The molecule has 1 fully saturated rings. The standard InChI is InChI=1S/C18H24ClN7O2/c1-24-9-11-25(12-10-24)8-2-7-20-17-16(26(27)28)13-21-18(23-17)22-15-5-3-14(19)4-6-15/h3-6,13H,2,7-12H2,1H3,(H2,20,21,22,23). The van der Waals surface area contributed by atoms with Gasteiger partial charge in [-0.25, -0.2) is 4.98 Å². The van der Waals surface area contributed by atoms with Crippen LogP contribution in [-0.4, -0.2) is 71.0 Å². The minimum Gasteiger partial charge on any atom is -0.364 e. The molecule has 1 aromatic heterocycles. The molecule has 0 amide bonds. The number of likely N-dealkylation sites (N-methyl/N-ethyl adjacent to an activating group) is 1. The van der Waals surface area contributed by atoms with Crippen molar-refractivity contribution in [3.63, 3.8) is 0 Å². The first-order valence-corrected chi connectivity index (χ1v) is 9.58. The smallest absolute Gasteiger partial charge is 0.329 e. The van der Waals surface area contributed by atoms with Gasteiger partial charge in [-0.2, -0.15) is 4.98 Å². The molecule has 1 aliphatic rings. The van der Waals surface area contributed by atoms with Gasteiger partial charge < -0.3 is 20.4 Å². The summed E-state index contributed by atoms with van der Waals surface area (Å²) in [5, 5.41) is 18.0. The van der Waals surface area contributed by atoms with Crippen molar-refractivity contribution in [1.29, 1.82) is 0 Å². The lowest BCUT2D eigenvalue weighted by Gasteiger charge is -2.32. The van der Waals surface area contributed by atoms with Crippen molar-refractivity contribution in [3.05, 3.63) is 45.6 Å². The van der Waals surface area contributed by atoms with Crippen LogP contribution in [-0.2, 0) is 0 Å². The second-order valence-corrected chi connectivity index (χ2v) is 7.18. The number of aromatic nitrogens is 2. The Labute approximate surface area is 168 Å². The van der Waals surface area contributed by atoms with Gasteiger partial charge in [-0.1, -0.05) is 11.6 Å². The molecule has 0 saturated carbocycles. The maximum Gasteiger partial charge on any atom is 0.329 e. The summed E-state index contributed by atoms with van der Waals surface area (Å²) in [6.45, 7) is 5.81. The van der Waals surface area contributed by atoms with Crippen molar-refractivity contribution in [2.24, 2.45) is 0 Å². The first-order chi connectivity index (χ1) is 13.5. The van der Waals surface area contributed by atoms with Crippen molar-refractivity contribution in [2.75, 3.05) is 56.9 Å². The van der Waals surface area contributed by atoms with Crippen molar-refractivity contribution in [1.82, 2.24) is 19.8 Å². The van der Waals surface area contributed by atoms with E-state index >= 15 is 0 Å². The number of nitrogens with one attached hydrogen (secondary N) is 2. The summed E-state index contributed by atoms with van der Waals surface area (Å²) in [4.78, 5) is 23.8. The Morgan fingerprint density at radius 3 is 2.61 bits per heavy atom. The van der Waals surface area contributed by atoms with Crippen molar-refractivity contribution in [3.8, 4) is 0 Å². The summed E-state index contributed by atoms with van der Waals surface area (Å²) in [5.41, 5.74) is 0.612. The molecule has 0 aliphatic carbocycles. The van der Waals surface area contributed by atoms with Crippen LogP contribution in [0.3, 0.4) is 0 Å². The molecule has 0 atom stereocenters. The summed E-state index contributed by atoms with van der Waals surface area (Å²) in [6, 6.07) is 7.06. The summed E-state index contributed by atoms with van der Waals surface area (Å²) >= 11 is 5.88. The van der Waals surface area contributed by atoms with E-state index in [2.05, 4.69) is 37.4 Å². The van der Waals surface area contributed by atoms with Gasteiger partial charge in [0.2, 0.25) is 11.8 Å². The van der Waals surface area contributed by atoms with Gasteiger partial charge in [-0.15, -0.1) is 0 Å². The highest BCUT2D eigenvalue weighted by molar-refractivity contribution is 6.30. The SMILES string of the molecule is CN1CCN(CCCNc2nc(Nc3ccc(Cl)cc3)ncc2[N+](=O)[O-])CC1. The van der Waals surface area contributed by atoms with Gasteiger partial charge in [0, 0.05) is 43.4 Å². The molecule has 10 heteroatoms. The lowest BCUT2D eigenvalue weighted by Crippen LogP contribution is -2.44. The average Bonchev–Trinajstić information content (AvgIpc) is 2.68. The molecule has 2 aromatic rings. The molecule has 2 N–H and O–H groups in total. The summed E-state index contributed by atoms with van der Waals surface area (Å²) in [6.07, 6.45) is 2.10.